The predicted octanol–water partition coefficient (Wildman–Crippen LogP) is -0.791. The Morgan fingerprint density at radius 2 is 0.900 bits per heavy atom. The molecular formula is C8H32O4Si8. The molecule has 0 unspecified atom stereocenters. The summed E-state index contributed by atoms with van der Waals surface area (Å²) in [5.41, 5.74) is 0. The molecule has 0 radical (unpaired) electrons. The third-order valence-electron chi connectivity index (χ3n) is 5.32. The van der Waals surface area contributed by atoms with Gasteiger partial charge in [-0.05, 0) is 26.2 Å². The van der Waals surface area contributed by atoms with E-state index in [-0.39, 0.29) is 8.55 Å². The second kappa shape index (κ2) is 6.99. The molecule has 0 amide bonds. The van der Waals surface area contributed by atoms with E-state index in [2.05, 4.69) is 52.4 Å². The monoisotopic (exact) mass is 416 g/mol. The van der Waals surface area contributed by atoms with Crippen molar-refractivity contribution in [1.29, 1.82) is 0 Å². The summed E-state index contributed by atoms with van der Waals surface area (Å²) in [6.45, 7) is 20.2. The second-order valence-corrected chi connectivity index (χ2v) is 62.7. The van der Waals surface area contributed by atoms with Gasteiger partial charge >= 0.3 is 0 Å². The molecule has 12 heteroatoms. The van der Waals surface area contributed by atoms with Crippen LogP contribution in [0.5, 0.6) is 0 Å². The molecule has 120 valence electrons. The van der Waals surface area contributed by atoms with Gasteiger partial charge in [-0.2, -0.15) is 0 Å². The molecule has 4 nitrogen and oxygen atoms in total. The molecule has 0 spiro atoms. The fourth-order valence-corrected chi connectivity index (χ4v) is 117. The van der Waals surface area contributed by atoms with E-state index in [1.807, 2.05) is 0 Å². The van der Waals surface area contributed by atoms with E-state index in [0.717, 1.165) is 0 Å². The summed E-state index contributed by atoms with van der Waals surface area (Å²) in [4.78, 5) is 0. The molecule has 0 aromatic heterocycles. The summed E-state index contributed by atoms with van der Waals surface area (Å²) < 4.78 is 24.3. The van der Waals surface area contributed by atoms with Crippen molar-refractivity contribution >= 4 is 68.5 Å². The quantitative estimate of drug-likeness (QED) is 0.485. The van der Waals surface area contributed by atoms with Gasteiger partial charge < -0.3 is 16.5 Å². The third-order valence-corrected chi connectivity index (χ3v) is 91.2. The smallest absolute Gasteiger partial charge is 0.286 e. The molecule has 1 heterocycles. The highest BCUT2D eigenvalue weighted by Gasteiger charge is 2.52. The van der Waals surface area contributed by atoms with Crippen LogP contribution in [-0.2, 0) is 16.5 Å². The van der Waals surface area contributed by atoms with Crippen LogP contribution in [0.25, 0.3) is 0 Å². The van der Waals surface area contributed by atoms with Crippen molar-refractivity contribution in [3.05, 3.63) is 0 Å². The van der Waals surface area contributed by atoms with Crippen LogP contribution in [-0.4, -0.2) is 68.5 Å². The fraction of sp³-hybridized carbons (Fsp3) is 1.00. The Labute approximate surface area is 137 Å². The van der Waals surface area contributed by atoms with Crippen molar-refractivity contribution in [3.63, 3.8) is 0 Å². The summed E-state index contributed by atoms with van der Waals surface area (Å²) in [6, 6.07) is 0. The van der Waals surface area contributed by atoms with Gasteiger partial charge in [-0.1, -0.05) is 26.2 Å². The molecule has 0 N–H and O–H groups in total. The maximum Gasteiger partial charge on any atom is 0.286 e. The molecule has 0 atom stereocenters. The van der Waals surface area contributed by atoms with E-state index < -0.39 is 59.9 Å². The molecule has 1 fully saturated rings. The van der Waals surface area contributed by atoms with E-state index in [4.69, 9.17) is 16.5 Å². The highest BCUT2D eigenvalue weighted by atomic mass is 29.9. The molecule has 1 saturated heterocycles. The summed E-state index contributed by atoms with van der Waals surface area (Å²) in [5, 5.41) is 0. The Bertz CT molecular complexity index is 304. The Morgan fingerprint density at radius 1 is 0.550 bits per heavy atom. The van der Waals surface area contributed by atoms with Gasteiger partial charge in [-0.25, -0.2) is 0 Å². The average Bonchev–Trinajstić information content (AvgIpc) is 2.24. The first-order valence-electron chi connectivity index (χ1n) is 7.35. The largest absolute Gasteiger partial charge is 0.444 e. The fourth-order valence-electron chi connectivity index (χ4n) is 2.43. The molecule has 0 bridgehead atoms. The van der Waals surface area contributed by atoms with Crippen molar-refractivity contribution in [2.75, 3.05) is 0 Å². The third kappa shape index (κ3) is 4.78. The molecule has 0 aromatic rings. The van der Waals surface area contributed by atoms with Crippen LogP contribution >= 0.6 is 0 Å². The molecule has 1 aliphatic rings. The van der Waals surface area contributed by atoms with Gasteiger partial charge in [0, 0.05) is 8.55 Å². The zero-order chi connectivity index (χ0) is 15.7. The van der Waals surface area contributed by atoms with Crippen LogP contribution in [0.2, 0.25) is 52.4 Å². The Balaban J connectivity index is 3.01. The first-order valence-corrected chi connectivity index (χ1v) is 29.3. The minimum atomic E-state index is -1.53. The standard InChI is InChI=1S/C8H32O4Si8/c1-17(2)11-14-9-13-10-15-12-18(3,4)20(7,8)16-19(17,5)6/h13-16H2,1-8H3. The second-order valence-electron chi connectivity index (χ2n) is 8.02. The van der Waals surface area contributed by atoms with Crippen molar-refractivity contribution in [1.82, 2.24) is 0 Å². The van der Waals surface area contributed by atoms with Gasteiger partial charge in [0.1, 0.15) is 0 Å². The van der Waals surface area contributed by atoms with Gasteiger partial charge in [0.25, 0.3) is 30.0 Å². The normalized spacial score (nSPS) is 34.8. The molecule has 0 aliphatic carbocycles. The SMILES string of the molecule is C[Si]1(C)O[SiH2]O[SiH2]O[SiH2]O[Si](C)(C)[Si](C)(C)[SiH2][Si]1(C)C. The van der Waals surface area contributed by atoms with Crippen LogP contribution < -0.4 is 0 Å². The zero-order valence-corrected chi connectivity index (χ0v) is 24.1. The lowest BCUT2D eigenvalue weighted by Crippen LogP contribution is -2.74. The minimum absolute atomic E-state index is 0.0694. The minimum Gasteiger partial charge on any atom is -0.444 e. The number of rotatable bonds is 0. The number of hydrogen-bond acceptors (Lipinski definition) is 4. The Hall–Kier alpha value is 1.58. The first kappa shape index (κ1) is 19.6. The lowest BCUT2D eigenvalue weighted by Gasteiger charge is -2.46. The Kier molecular flexibility index (Phi) is 6.86. The summed E-state index contributed by atoms with van der Waals surface area (Å²) >= 11 is 0. The van der Waals surface area contributed by atoms with Gasteiger partial charge in [0.15, 0.2) is 15.7 Å². The molecule has 20 heavy (non-hydrogen) atoms. The predicted molar refractivity (Wildman–Crippen MR) is 108 cm³/mol. The van der Waals surface area contributed by atoms with Gasteiger partial charge in [0.2, 0.25) is 0 Å². The van der Waals surface area contributed by atoms with E-state index in [1.54, 1.807) is 0 Å². The number of hydrogen-bond donors (Lipinski definition) is 0. The van der Waals surface area contributed by atoms with E-state index in [1.165, 1.54) is 0 Å². The average molecular weight is 417 g/mol. The summed E-state index contributed by atoms with van der Waals surface area (Å²) in [7, 11) is -7.95. The van der Waals surface area contributed by atoms with Crippen molar-refractivity contribution in [2.24, 2.45) is 0 Å². The van der Waals surface area contributed by atoms with Crippen molar-refractivity contribution in [3.8, 4) is 0 Å². The lowest BCUT2D eigenvalue weighted by atomic mass is 11.9. The molecule has 1 aliphatic heterocycles. The molecular weight excluding hydrogens is 385 g/mol. The highest BCUT2D eigenvalue weighted by Crippen LogP contribution is 2.27. The lowest BCUT2D eigenvalue weighted by molar-refractivity contribution is 0.397. The van der Waals surface area contributed by atoms with Crippen LogP contribution in [0.1, 0.15) is 0 Å². The van der Waals surface area contributed by atoms with Crippen LogP contribution in [0.4, 0.5) is 0 Å². The molecule has 1 rings (SSSR count). The maximum absolute atomic E-state index is 6.40. The van der Waals surface area contributed by atoms with Gasteiger partial charge in [0.05, 0.1) is 14.2 Å². The molecule has 0 saturated carbocycles. The maximum atomic E-state index is 6.40. The van der Waals surface area contributed by atoms with E-state index >= 15 is 0 Å². The van der Waals surface area contributed by atoms with Crippen molar-refractivity contribution < 1.29 is 16.5 Å². The van der Waals surface area contributed by atoms with Crippen molar-refractivity contribution in [2.45, 2.75) is 52.4 Å². The zero-order valence-electron chi connectivity index (χ0n) is 14.5. The van der Waals surface area contributed by atoms with Crippen LogP contribution in [0.3, 0.4) is 0 Å². The summed E-state index contributed by atoms with van der Waals surface area (Å²) in [5.74, 6) is 0. The van der Waals surface area contributed by atoms with E-state index in [0.29, 0.717) is 0 Å². The summed E-state index contributed by atoms with van der Waals surface area (Å²) in [6.07, 6.45) is 0. The highest BCUT2D eigenvalue weighted by molar-refractivity contribution is 7.80. The Morgan fingerprint density at radius 3 is 1.25 bits per heavy atom. The first-order chi connectivity index (χ1) is 8.91. The van der Waals surface area contributed by atoms with Gasteiger partial charge in [-0.3, -0.25) is 0 Å². The van der Waals surface area contributed by atoms with E-state index in [9.17, 15) is 0 Å². The van der Waals surface area contributed by atoms with Gasteiger partial charge in [-0.15, -0.1) is 0 Å². The van der Waals surface area contributed by atoms with Crippen LogP contribution in [0, 0.1) is 0 Å². The van der Waals surface area contributed by atoms with Crippen LogP contribution in [0.15, 0.2) is 0 Å². The molecule has 0 aromatic carbocycles. The topological polar surface area (TPSA) is 36.9 Å².